The van der Waals surface area contributed by atoms with Gasteiger partial charge in [0.05, 0.1) is 0 Å². The van der Waals surface area contributed by atoms with Gasteiger partial charge in [-0.15, -0.1) is 0 Å². The third-order valence-electron chi connectivity index (χ3n) is 4.10. The van der Waals surface area contributed by atoms with Crippen LogP contribution in [0.1, 0.15) is 45.1 Å². The van der Waals surface area contributed by atoms with Gasteiger partial charge in [-0.05, 0) is 67.1 Å². The van der Waals surface area contributed by atoms with Crippen LogP contribution in [0.25, 0.3) is 0 Å². The zero-order valence-corrected chi connectivity index (χ0v) is 11.8. The number of aldehydes is 1. The summed E-state index contributed by atoms with van der Waals surface area (Å²) in [4.78, 5) is 10.8. The van der Waals surface area contributed by atoms with Crippen molar-refractivity contribution >= 4 is 6.29 Å². The first-order chi connectivity index (χ1) is 9.69. The summed E-state index contributed by atoms with van der Waals surface area (Å²) in [5.74, 6) is 0.840. The van der Waals surface area contributed by atoms with E-state index in [0.717, 1.165) is 36.0 Å². The maximum atomic E-state index is 10.8. The van der Waals surface area contributed by atoms with Gasteiger partial charge in [-0.25, -0.2) is 0 Å². The summed E-state index contributed by atoms with van der Waals surface area (Å²) < 4.78 is 6.12. The molecule has 0 radical (unpaired) electrons. The monoisotopic (exact) mass is 266 g/mol. The molecule has 2 aromatic carbocycles. The third kappa shape index (κ3) is 2.22. The van der Waals surface area contributed by atoms with Gasteiger partial charge in [0, 0.05) is 5.56 Å². The van der Waals surface area contributed by atoms with Gasteiger partial charge < -0.3 is 4.74 Å². The van der Waals surface area contributed by atoms with Crippen LogP contribution >= 0.6 is 0 Å². The molecule has 0 amide bonds. The SMILES string of the molecule is Cc1cc(O[C@@H]2CCc3c(C)cccc32)ccc1C=O. The Bertz CT molecular complexity index is 658. The van der Waals surface area contributed by atoms with Crippen LogP contribution in [0.4, 0.5) is 0 Å². The summed E-state index contributed by atoms with van der Waals surface area (Å²) in [7, 11) is 0. The second-order valence-corrected chi connectivity index (χ2v) is 5.42. The van der Waals surface area contributed by atoms with Gasteiger partial charge in [0.1, 0.15) is 18.1 Å². The van der Waals surface area contributed by atoms with Crippen LogP contribution < -0.4 is 4.74 Å². The molecule has 1 aliphatic carbocycles. The number of fused-ring (bicyclic) bond motifs is 1. The smallest absolute Gasteiger partial charge is 0.150 e. The number of aryl methyl sites for hydroxylation is 2. The number of rotatable bonds is 3. The van der Waals surface area contributed by atoms with Crippen LogP contribution in [-0.4, -0.2) is 6.29 Å². The standard InChI is InChI=1S/C18H18O2/c1-12-4-3-5-17-16(12)8-9-18(17)20-15-7-6-14(11-19)13(2)10-15/h3-7,10-11,18H,8-9H2,1-2H3/t18-/m1/s1. The second-order valence-electron chi connectivity index (χ2n) is 5.42. The normalized spacial score (nSPS) is 16.8. The van der Waals surface area contributed by atoms with Gasteiger partial charge in [0.25, 0.3) is 0 Å². The van der Waals surface area contributed by atoms with E-state index < -0.39 is 0 Å². The molecule has 2 nitrogen and oxygen atoms in total. The molecule has 0 spiro atoms. The molecule has 0 bridgehead atoms. The van der Waals surface area contributed by atoms with Crippen LogP contribution in [0.3, 0.4) is 0 Å². The molecule has 0 unspecified atom stereocenters. The number of carbonyl (C=O) groups excluding carboxylic acids is 1. The molecule has 20 heavy (non-hydrogen) atoms. The van der Waals surface area contributed by atoms with E-state index in [2.05, 4.69) is 25.1 Å². The number of ether oxygens (including phenoxy) is 1. The zero-order valence-electron chi connectivity index (χ0n) is 11.8. The van der Waals surface area contributed by atoms with Crippen molar-refractivity contribution in [3.05, 3.63) is 64.2 Å². The first kappa shape index (κ1) is 12.9. The van der Waals surface area contributed by atoms with Gasteiger partial charge in [-0.1, -0.05) is 18.2 Å². The molecule has 1 atom stereocenters. The van der Waals surface area contributed by atoms with Gasteiger partial charge >= 0.3 is 0 Å². The minimum Gasteiger partial charge on any atom is -0.486 e. The lowest BCUT2D eigenvalue weighted by Crippen LogP contribution is -2.04. The Hall–Kier alpha value is -2.09. The van der Waals surface area contributed by atoms with E-state index in [0.29, 0.717) is 0 Å². The highest BCUT2D eigenvalue weighted by molar-refractivity contribution is 5.77. The van der Waals surface area contributed by atoms with Crippen molar-refractivity contribution in [2.24, 2.45) is 0 Å². The number of benzene rings is 2. The molecule has 2 heteroatoms. The Morgan fingerprint density at radius 2 is 2.00 bits per heavy atom. The van der Waals surface area contributed by atoms with Crippen molar-refractivity contribution in [1.29, 1.82) is 0 Å². The second kappa shape index (κ2) is 5.12. The predicted molar refractivity (Wildman–Crippen MR) is 79.4 cm³/mol. The van der Waals surface area contributed by atoms with Crippen molar-refractivity contribution in [3.63, 3.8) is 0 Å². The fourth-order valence-electron chi connectivity index (χ4n) is 2.94. The van der Waals surface area contributed by atoms with Crippen molar-refractivity contribution < 1.29 is 9.53 Å². The van der Waals surface area contributed by atoms with E-state index in [1.807, 2.05) is 25.1 Å². The molecule has 3 rings (SSSR count). The van der Waals surface area contributed by atoms with Crippen LogP contribution in [0.15, 0.2) is 36.4 Å². The van der Waals surface area contributed by atoms with Gasteiger partial charge in [-0.2, -0.15) is 0 Å². The molecule has 0 aliphatic heterocycles. The summed E-state index contributed by atoms with van der Waals surface area (Å²) in [6, 6.07) is 12.1. The molecule has 0 N–H and O–H groups in total. The molecule has 0 heterocycles. The van der Waals surface area contributed by atoms with Crippen molar-refractivity contribution in [1.82, 2.24) is 0 Å². The summed E-state index contributed by atoms with van der Waals surface area (Å²) in [6.07, 6.45) is 3.12. The molecule has 102 valence electrons. The summed E-state index contributed by atoms with van der Waals surface area (Å²) in [5.41, 5.74) is 5.77. The van der Waals surface area contributed by atoms with Crippen molar-refractivity contribution in [2.75, 3.05) is 0 Å². The lowest BCUT2D eigenvalue weighted by atomic mass is 10.0. The lowest BCUT2D eigenvalue weighted by molar-refractivity contribution is 0.112. The number of hydrogen-bond donors (Lipinski definition) is 0. The summed E-state index contributed by atoms with van der Waals surface area (Å²) in [6.45, 7) is 4.09. The Labute approximate surface area is 119 Å². The predicted octanol–water partition coefficient (Wildman–Crippen LogP) is 4.18. The Balaban J connectivity index is 1.86. The fraction of sp³-hybridized carbons (Fsp3) is 0.278. The Morgan fingerprint density at radius 3 is 2.75 bits per heavy atom. The topological polar surface area (TPSA) is 26.3 Å². The Kier molecular flexibility index (Phi) is 3.31. The van der Waals surface area contributed by atoms with Gasteiger partial charge in [0.15, 0.2) is 0 Å². The van der Waals surface area contributed by atoms with Crippen molar-refractivity contribution in [2.45, 2.75) is 32.8 Å². The summed E-state index contributed by atoms with van der Waals surface area (Å²) >= 11 is 0. The first-order valence-electron chi connectivity index (χ1n) is 7.00. The molecule has 1 aliphatic rings. The van der Waals surface area contributed by atoms with E-state index >= 15 is 0 Å². The molecule has 0 saturated carbocycles. The number of hydrogen-bond acceptors (Lipinski definition) is 2. The van der Waals surface area contributed by atoms with Crippen LogP contribution in [0.2, 0.25) is 0 Å². The van der Waals surface area contributed by atoms with E-state index in [-0.39, 0.29) is 6.10 Å². The highest BCUT2D eigenvalue weighted by atomic mass is 16.5. The van der Waals surface area contributed by atoms with E-state index in [9.17, 15) is 4.79 Å². The van der Waals surface area contributed by atoms with Crippen LogP contribution in [-0.2, 0) is 6.42 Å². The van der Waals surface area contributed by atoms with Gasteiger partial charge in [-0.3, -0.25) is 4.79 Å². The lowest BCUT2D eigenvalue weighted by Gasteiger charge is -2.16. The van der Waals surface area contributed by atoms with E-state index in [1.54, 1.807) is 0 Å². The zero-order chi connectivity index (χ0) is 14.1. The maximum absolute atomic E-state index is 10.8. The molecule has 2 aromatic rings. The average Bonchev–Trinajstić information content (AvgIpc) is 2.84. The minimum absolute atomic E-state index is 0.131. The highest BCUT2D eigenvalue weighted by Gasteiger charge is 2.25. The van der Waals surface area contributed by atoms with Crippen molar-refractivity contribution in [3.8, 4) is 5.75 Å². The molecular weight excluding hydrogens is 248 g/mol. The van der Waals surface area contributed by atoms with Gasteiger partial charge in [0.2, 0.25) is 0 Å². The van der Waals surface area contributed by atoms with Crippen LogP contribution in [0, 0.1) is 13.8 Å². The molecular formula is C18H18O2. The molecule has 0 fully saturated rings. The Morgan fingerprint density at radius 1 is 1.15 bits per heavy atom. The molecule has 0 saturated heterocycles. The minimum atomic E-state index is 0.131. The summed E-state index contributed by atoms with van der Waals surface area (Å²) in [5, 5.41) is 0. The van der Waals surface area contributed by atoms with Crippen LogP contribution in [0.5, 0.6) is 5.75 Å². The first-order valence-corrected chi connectivity index (χ1v) is 7.00. The van der Waals surface area contributed by atoms with E-state index in [1.165, 1.54) is 16.7 Å². The fourth-order valence-corrected chi connectivity index (χ4v) is 2.94. The molecule has 0 aromatic heterocycles. The highest BCUT2D eigenvalue weighted by Crippen LogP contribution is 2.36. The van der Waals surface area contributed by atoms with E-state index in [4.69, 9.17) is 4.74 Å². The third-order valence-corrected chi connectivity index (χ3v) is 4.10. The quantitative estimate of drug-likeness (QED) is 0.779. The number of carbonyl (C=O) groups is 1. The maximum Gasteiger partial charge on any atom is 0.150 e. The largest absolute Gasteiger partial charge is 0.486 e. The average molecular weight is 266 g/mol.